The van der Waals surface area contributed by atoms with Crippen LogP contribution in [-0.2, 0) is 0 Å². The molecule has 0 unspecified atom stereocenters. The predicted octanol–water partition coefficient (Wildman–Crippen LogP) is 5.40. The van der Waals surface area contributed by atoms with Crippen LogP contribution < -0.4 is 20.9 Å². The van der Waals surface area contributed by atoms with Gasteiger partial charge in [-0.15, -0.1) is 0 Å². The van der Waals surface area contributed by atoms with E-state index < -0.39 is 5.82 Å². The summed E-state index contributed by atoms with van der Waals surface area (Å²) >= 11 is 6.01. The normalized spacial score (nSPS) is 14.0. The van der Waals surface area contributed by atoms with Gasteiger partial charge in [0.05, 0.1) is 5.56 Å². The van der Waals surface area contributed by atoms with Crippen molar-refractivity contribution in [1.29, 1.82) is 0 Å². The molecule has 2 aromatic carbocycles. The Morgan fingerprint density at radius 1 is 0.889 bits per heavy atom. The molecule has 0 saturated carbocycles. The molecule has 5 rings (SSSR count). The molecular weight excluding hydrogens is 479 g/mol. The zero-order chi connectivity index (χ0) is 24.9. The lowest BCUT2D eigenvalue weighted by atomic mass is 10.0. The van der Waals surface area contributed by atoms with Gasteiger partial charge in [0.2, 0.25) is 5.95 Å². The summed E-state index contributed by atoms with van der Waals surface area (Å²) in [7, 11) is 2.03. The molecule has 4 aromatic rings. The highest BCUT2D eigenvalue weighted by Crippen LogP contribution is 2.26. The Labute approximate surface area is 214 Å². The van der Waals surface area contributed by atoms with Crippen LogP contribution in [-0.4, -0.2) is 46.1 Å². The van der Waals surface area contributed by atoms with E-state index in [-0.39, 0.29) is 11.4 Å². The molecule has 0 amide bonds. The lowest BCUT2D eigenvalue weighted by molar-refractivity contribution is 0.442. The highest BCUT2D eigenvalue weighted by Gasteiger charge is 2.18. The van der Waals surface area contributed by atoms with E-state index in [1.807, 2.05) is 19.2 Å². The molecule has 1 aliphatic rings. The fourth-order valence-corrected chi connectivity index (χ4v) is 4.33. The van der Waals surface area contributed by atoms with Crippen molar-refractivity contribution in [2.45, 2.75) is 18.9 Å². The van der Waals surface area contributed by atoms with Crippen molar-refractivity contribution in [3.05, 3.63) is 77.8 Å². The zero-order valence-corrected chi connectivity index (χ0v) is 20.5. The van der Waals surface area contributed by atoms with Crippen LogP contribution in [0.25, 0.3) is 11.4 Å². The van der Waals surface area contributed by atoms with Gasteiger partial charge in [0.1, 0.15) is 17.5 Å². The lowest BCUT2D eigenvalue weighted by Gasteiger charge is -2.33. The van der Waals surface area contributed by atoms with Gasteiger partial charge in [-0.05, 0) is 74.5 Å². The Morgan fingerprint density at radius 2 is 1.61 bits per heavy atom. The Kier molecular flexibility index (Phi) is 7.20. The Morgan fingerprint density at radius 3 is 2.36 bits per heavy atom. The second kappa shape index (κ2) is 10.8. The molecule has 10 heteroatoms. The molecule has 0 atom stereocenters. The number of hydrogen-bond acceptors (Lipinski definition) is 8. The minimum absolute atomic E-state index is 0.225. The highest BCUT2D eigenvalue weighted by molar-refractivity contribution is 6.30. The summed E-state index contributed by atoms with van der Waals surface area (Å²) in [5.41, 5.74) is 2.33. The van der Waals surface area contributed by atoms with Crippen LogP contribution in [0.5, 0.6) is 0 Å². The summed E-state index contributed by atoms with van der Waals surface area (Å²) in [4.78, 5) is 19.8. The minimum Gasteiger partial charge on any atom is -0.371 e. The number of halogens is 2. The summed E-state index contributed by atoms with van der Waals surface area (Å²) in [5, 5.41) is 10.1. The van der Waals surface area contributed by atoms with Crippen molar-refractivity contribution in [1.82, 2.24) is 25.3 Å². The van der Waals surface area contributed by atoms with E-state index in [0.29, 0.717) is 28.6 Å². The summed E-state index contributed by atoms with van der Waals surface area (Å²) in [6.45, 7) is 2.09. The van der Waals surface area contributed by atoms with Crippen LogP contribution in [0.15, 0.2) is 67.0 Å². The molecule has 184 valence electrons. The van der Waals surface area contributed by atoms with E-state index in [9.17, 15) is 4.39 Å². The van der Waals surface area contributed by atoms with Gasteiger partial charge >= 0.3 is 0 Å². The van der Waals surface area contributed by atoms with Crippen molar-refractivity contribution in [3.63, 3.8) is 0 Å². The number of rotatable bonds is 7. The third-order valence-electron chi connectivity index (χ3n) is 6.13. The maximum Gasteiger partial charge on any atom is 0.229 e. The second-order valence-corrected chi connectivity index (χ2v) is 8.94. The number of aromatic nitrogens is 4. The van der Waals surface area contributed by atoms with Crippen molar-refractivity contribution in [2.75, 3.05) is 35.7 Å². The van der Waals surface area contributed by atoms with Crippen molar-refractivity contribution in [2.24, 2.45) is 0 Å². The van der Waals surface area contributed by atoms with Crippen molar-refractivity contribution < 1.29 is 4.39 Å². The molecule has 3 N–H and O–H groups in total. The van der Waals surface area contributed by atoms with Crippen LogP contribution in [0.2, 0.25) is 5.02 Å². The third kappa shape index (κ3) is 5.69. The molecule has 0 bridgehead atoms. The predicted molar refractivity (Wildman–Crippen MR) is 142 cm³/mol. The van der Waals surface area contributed by atoms with Crippen LogP contribution >= 0.6 is 11.6 Å². The molecule has 8 nitrogen and oxygen atoms in total. The van der Waals surface area contributed by atoms with Gasteiger partial charge in [-0.25, -0.2) is 19.3 Å². The third-order valence-corrected chi connectivity index (χ3v) is 6.36. The standard InChI is InChI=1S/C26H26ClFN8/c1-29-18-10-14-36(15-11-18)20-5-3-19(4-6-20)32-26-31-13-9-24(35-26)33-23-8-12-30-25(34-23)21-16-17(27)2-7-22(21)28/h2-9,12-13,16,18,29H,10-11,14-15H2,1H3,(H2,30,31,32,33,34,35). The quantitative estimate of drug-likeness (QED) is 0.308. The topological polar surface area (TPSA) is 90.9 Å². The van der Waals surface area contributed by atoms with Gasteiger partial charge in [0, 0.05) is 47.9 Å². The van der Waals surface area contributed by atoms with E-state index in [1.54, 1.807) is 24.5 Å². The summed E-state index contributed by atoms with van der Waals surface area (Å²) in [6, 6.07) is 16.6. The Hall–Kier alpha value is -3.82. The molecule has 0 aliphatic carbocycles. The molecule has 0 spiro atoms. The first kappa shape index (κ1) is 23.9. The fraction of sp³-hybridized carbons (Fsp3) is 0.231. The molecule has 2 aromatic heterocycles. The van der Waals surface area contributed by atoms with E-state index in [1.165, 1.54) is 23.9 Å². The number of benzene rings is 2. The first-order valence-corrected chi connectivity index (χ1v) is 12.1. The SMILES string of the molecule is CNC1CCN(c2ccc(Nc3nccc(Nc4ccnc(-c5cc(Cl)ccc5F)n4)n3)cc2)CC1. The van der Waals surface area contributed by atoms with Crippen LogP contribution in [0.3, 0.4) is 0 Å². The maximum atomic E-state index is 14.2. The first-order chi connectivity index (χ1) is 17.6. The lowest BCUT2D eigenvalue weighted by Crippen LogP contribution is -2.41. The number of nitrogens with one attached hydrogen (secondary N) is 3. The van der Waals surface area contributed by atoms with E-state index >= 15 is 0 Å². The fourth-order valence-electron chi connectivity index (χ4n) is 4.16. The second-order valence-electron chi connectivity index (χ2n) is 8.50. The molecule has 1 saturated heterocycles. The van der Waals surface area contributed by atoms with E-state index in [2.05, 4.69) is 52.9 Å². The number of anilines is 5. The summed E-state index contributed by atoms with van der Waals surface area (Å²) in [5.74, 6) is 1.22. The molecule has 1 fully saturated rings. The average Bonchev–Trinajstić information content (AvgIpc) is 2.91. The molecule has 0 radical (unpaired) electrons. The highest BCUT2D eigenvalue weighted by atomic mass is 35.5. The number of piperidine rings is 1. The van der Waals surface area contributed by atoms with E-state index in [0.717, 1.165) is 31.6 Å². The van der Waals surface area contributed by atoms with Gasteiger partial charge in [0.25, 0.3) is 0 Å². The van der Waals surface area contributed by atoms with Gasteiger partial charge in [-0.1, -0.05) is 11.6 Å². The first-order valence-electron chi connectivity index (χ1n) is 11.8. The largest absolute Gasteiger partial charge is 0.371 e. The van der Waals surface area contributed by atoms with Gasteiger partial charge in [-0.3, -0.25) is 0 Å². The smallest absolute Gasteiger partial charge is 0.229 e. The van der Waals surface area contributed by atoms with Crippen LogP contribution in [0.1, 0.15) is 12.8 Å². The van der Waals surface area contributed by atoms with Gasteiger partial charge < -0.3 is 20.9 Å². The van der Waals surface area contributed by atoms with Crippen molar-refractivity contribution in [3.8, 4) is 11.4 Å². The Balaban J connectivity index is 1.25. The number of nitrogens with zero attached hydrogens (tertiary/aromatic N) is 5. The van der Waals surface area contributed by atoms with Crippen LogP contribution in [0.4, 0.5) is 33.3 Å². The molecule has 36 heavy (non-hydrogen) atoms. The summed E-state index contributed by atoms with van der Waals surface area (Å²) in [6.07, 6.45) is 5.49. The maximum absolute atomic E-state index is 14.2. The molecular formula is C26H26ClFN8. The van der Waals surface area contributed by atoms with Crippen molar-refractivity contribution >= 4 is 40.6 Å². The van der Waals surface area contributed by atoms with Crippen LogP contribution in [0, 0.1) is 5.82 Å². The molecule has 3 heterocycles. The van der Waals surface area contributed by atoms with Gasteiger partial charge in [0.15, 0.2) is 5.82 Å². The average molecular weight is 505 g/mol. The monoisotopic (exact) mass is 504 g/mol. The summed E-state index contributed by atoms with van der Waals surface area (Å²) < 4.78 is 14.2. The Bertz CT molecular complexity index is 1330. The zero-order valence-electron chi connectivity index (χ0n) is 19.7. The minimum atomic E-state index is -0.446. The van der Waals surface area contributed by atoms with Gasteiger partial charge in [-0.2, -0.15) is 4.98 Å². The van der Waals surface area contributed by atoms with E-state index in [4.69, 9.17) is 11.6 Å². The number of hydrogen-bond donors (Lipinski definition) is 3. The molecule has 1 aliphatic heterocycles.